The maximum absolute atomic E-state index is 13.6. The molecule has 5 rings (SSSR count). The van der Waals surface area contributed by atoms with E-state index in [1.807, 2.05) is 23.9 Å². The summed E-state index contributed by atoms with van der Waals surface area (Å²) in [4.78, 5) is 24.3. The number of carbonyl (C=O) groups is 1. The van der Waals surface area contributed by atoms with Crippen LogP contribution in [0.15, 0.2) is 29.8 Å². The van der Waals surface area contributed by atoms with Crippen molar-refractivity contribution in [1.82, 2.24) is 24.6 Å². The lowest BCUT2D eigenvalue weighted by Gasteiger charge is -2.38. The second kappa shape index (κ2) is 9.32. The van der Waals surface area contributed by atoms with Gasteiger partial charge in [0.1, 0.15) is 0 Å². The van der Waals surface area contributed by atoms with Crippen molar-refractivity contribution in [2.45, 2.75) is 46.1 Å². The van der Waals surface area contributed by atoms with Crippen molar-refractivity contribution in [3.8, 4) is 0 Å². The number of piperidine rings is 2. The zero-order valence-corrected chi connectivity index (χ0v) is 20.0. The molecule has 3 aromatic rings. The highest BCUT2D eigenvalue weighted by atomic mass is 32.1. The molecule has 0 radical (unpaired) electrons. The summed E-state index contributed by atoms with van der Waals surface area (Å²) in [5.74, 6) is 1.56. The van der Waals surface area contributed by atoms with Gasteiger partial charge in [-0.05, 0) is 75.0 Å². The van der Waals surface area contributed by atoms with Crippen LogP contribution in [0.5, 0.6) is 0 Å². The van der Waals surface area contributed by atoms with Crippen molar-refractivity contribution in [2.75, 3.05) is 32.7 Å². The molecule has 1 unspecified atom stereocenters. The van der Waals surface area contributed by atoms with Gasteiger partial charge in [-0.3, -0.25) is 4.79 Å². The first-order valence-electron chi connectivity index (χ1n) is 11.9. The van der Waals surface area contributed by atoms with Crippen molar-refractivity contribution in [1.29, 1.82) is 0 Å². The summed E-state index contributed by atoms with van der Waals surface area (Å²) in [7, 11) is 0. The van der Waals surface area contributed by atoms with Gasteiger partial charge < -0.3 is 9.80 Å². The van der Waals surface area contributed by atoms with Gasteiger partial charge in [-0.2, -0.15) is 5.10 Å². The first kappa shape index (κ1) is 21.6. The number of nitrogens with zero attached hydrogens (tertiary/aromatic N) is 5. The molecule has 0 saturated carbocycles. The van der Waals surface area contributed by atoms with Crippen LogP contribution in [0.4, 0.5) is 0 Å². The molecule has 2 saturated heterocycles. The summed E-state index contributed by atoms with van der Waals surface area (Å²) < 4.78 is 1.92. The minimum absolute atomic E-state index is 0.133. The molecular weight excluding hydrogens is 418 g/mol. The standard InChI is InChI=1S/C25H33N5OS/c1-18-7-10-28(11-8-18)15-20-5-3-9-29(16-20)25(31)22-13-19(2)27-24-23(22)14-26-30(24)17-21-6-4-12-32-21/h4,6,12-14,18,20H,3,5,7-11,15-17H2,1-2H3. The Morgan fingerprint density at radius 2 is 2.06 bits per heavy atom. The molecule has 1 atom stereocenters. The number of pyridine rings is 1. The Morgan fingerprint density at radius 1 is 1.22 bits per heavy atom. The molecular formula is C25H33N5OS. The Bertz CT molecular complexity index is 1070. The third kappa shape index (κ3) is 4.59. The van der Waals surface area contributed by atoms with Crippen LogP contribution in [0.3, 0.4) is 0 Å². The molecule has 2 aliphatic heterocycles. The second-order valence-electron chi connectivity index (χ2n) is 9.67. The van der Waals surface area contributed by atoms with E-state index in [0.29, 0.717) is 12.5 Å². The molecule has 170 valence electrons. The lowest BCUT2D eigenvalue weighted by molar-refractivity contribution is 0.0624. The van der Waals surface area contributed by atoms with Gasteiger partial charge in [-0.25, -0.2) is 9.67 Å². The van der Waals surface area contributed by atoms with Gasteiger partial charge in [-0.1, -0.05) is 13.0 Å². The van der Waals surface area contributed by atoms with Crippen LogP contribution in [0, 0.1) is 18.8 Å². The Balaban J connectivity index is 1.33. The number of hydrogen-bond acceptors (Lipinski definition) is 5. The van der Waals surface area contributed by atoms with E-state index in [0.717, 1.165) is 54.3 Å². The molecule has 2 fully saturated rings. The van der Waals surface area contributed by atoms with Gasteiger partial charge in [0.05, 0.1) is 23.7 Å². The van der Waals surface area contributed by atoms with Gasteiger partial charge in [-0.15, -0.1) is 11.3 Å². The van der Waals surface area contributed by atoms with Crippen LogP contribution in [-0.4, -0.2) is 63.2 Å². The second-order valence-corrected chi connectivity index (χ2v) is 10.7. The Kier molecular flexibility index (Phi) is 6.28. The number of likely N-dealkylation sites (tertiary alicyclic amines) is 2. The molecule has 6 nitrogen and oxygen atoms in total. The summed E-state index contributed by atoms with van der Waals surface area (Å²) in [5.41, 5.74) is 2.42. The van der Waals surface area contributed by atoms with E-state index >= 15 is 0 Å². The van der Waals surface area contributed by atoms with E-state index in [1.165, 1.54) is 37.2 Å². The summed E-state index contributed by atoms with van der Waals surface area (Å²) in [6.45, 7) is 10.3. The van der Waals surface area contributed by atoms with E-state index in [-0.39, 0.29) is 5.91 Å². The summed E-state index contributed by atoms with van der Waals surface area (Å²) in [6.07, 6.45) is 6.74. The van der Waals surface area contributed by atoms with Crippen molar-refractivity contribution < 1.29 is 4.79 Å². The number of rotatable bonds is 5. The fraction of sp³-hybridized carbons (Fsp3) is 0.560. The minimum atomic E-state index is 0.133. The minimum Gasteiger partial charge on any atom is -0.338 e. The van der Waals surface area contributed by atoms with Crippen LogP contribution >= 0.6 is 11.3 Å². The predicted octanol–water partition coefficient (Wildman–Crippen LogP) is 4.43. The molecule has 32 heavy (non-hydrogen) atoms. The lowest BCUT2D eigenvalue weighted by Crippen LogP contribution is -2.45. The van der Waals surface area contributed by atoms with Gasteiger partial charge in [0.15, 0.2) is 5.65 Å². The van der Waals surface area contributed by atoms with Crippen LogP contribution in [0.2, 0.25) is 0 Å². The van der Waals surface area contributed by atoms with Gasteiger partial charge in [0.25, 0.3) is 5.91 Å². The third-order valence-corrected chi connectivity index (χ3v) is 7.91. The maximum Gasteiger partial charge on any atom is 0.254 e. The molecule has 0 bridgehead atoms. The summed E-state index contributed by atoms with van der Waals surface area (Å²) in [6, 6.07) is 6.10. The molecule has 3 aromatic heterocycles. The van der Waals surface area contributed by atoms with Crippen LogP contribution in [0.1, 0.15) is 53.5 Å². The molecule has 1 amide bonds. The number of amides is 1. The fourth-order valence-electron chi connectivity index (χ4n) is 5.19. The summed E-state index contributed by atoms with van der Waals surface area (Å²) in [5, 5.41) is 7.52. The highest BCUT2D eigenvalue weighted by Gasteiger charge is 2.28. The smallest absolute Gasteiger partial charge is 0.254 e. The van der Waals surface area contributed by atoms with E-state index in [4.69, 9.17) is 4.98 Å². The monoisotopic (exact) mass is 451 g/mol. The molecule has 0 spiro atoms. The van der Waals surface area contributed by atoms with Crippen molar-refractivity contribution in [2.24, 2.45) is 11.8 Å². The molecule has 0 N–H and O–H groups in total. The number of fused-ring (bicyclic) bond motifs is 1. The average Bonchev–Trinajstić information content (AvgIpc) is 3.45. The van der Waals surface area contributed by atoms with Gasteiger partial charge in [0, 0.05) is 30.2 Å². The molecule has 5 heterocycles. The van der Waals surface area contributed by atoms with Crippen molar-refractivity contribution in [3.63, 3.8) is 0 Å². The Hall–Kier alpha value is -2.25. The van der Waals surface area contributed by atoms with E-state index in [9.17, 15) is 4.79 Å². The number of hydrogen-bond donors (Lipinski definition) is 0. The highest BCUT2D eigenvalue weighted by Crippen LogP contribution is 2.26. The number of thiophene rings is 1. The van der Waals surface area contributed by atoms with Gasteiger partial charge >= 0.3 is 0 Å². The number of aromatic nitrogens is 3. The zero-order valence-electron chi connectivity index (χ0n) is 19.2. The Morgan fingerprint density at radius 3 is 2.84 bits per heavy atom. The van der Waals surface area contributed by atoms with E-state index < -0.39 is 0 Å². The van der Waals surface area contributed by atoms with E-state index in [2.05, 4.69) is 39.3 Å². The van der Waals surface area contributed by atoms with Crippen LogP contribution < -0.4 is 0 Å². The quantitative estimate of drug-likeness (QED) is 0.576. The average molecular weight is 452 g/mol. The normalized spacial score (nSPS) is 20.8. The predicted molar refractivity (Wildman–Crippen MR) is 129 cm³/mol. The number of carbonyl (C=O) groups excluding carboxylic acids is 1. The number of aryl methyl sites for hydroxylation is 1. The molecule has 0 aliphatic carbocycles. The van der Waals surface area contributed by atoms with Gasteiger partial charge in [0.2, 0.25) is 0 Å². The topological polar surface area (TPSA) is 54.3 Å². The third-order valence-electron chi connectivity index (χ3n) is 7.05. The highest BCUT2D eigenvalue weighted by molar-refractivity contribution is 7.09. The van der Waals surface area contributed by atoms with Crippen LogP contribution in [0.25, 0.3) is 11.0 Å². The zero-order chi connectivity index (χ0) is 22.1. The SMILES string of the molecule is Cc1cc(C(=O)N2CCCC(CN3CCC(C)CC3)C2)c2cnn(Cc3cccs3)c2n1. The fourth-order valence-corrected chi connectivity index (χ4v) is 5.88. The lowest BCUT2D eigenvalue weighted by atomic mass is 9.94. The molecule has 0 aromatic carbocycles. The van der Waals surface area contributed by atoms with E-state index in [1.54, 1.807) is 11.3 Å². The van der Waals surface area contributed by atoms with Crippen molar-refractivity contribution in [3.05, 3.63) is 45.9 Å². The summed E-state index contributed by atoms with van der Waals surface area (Å²) >= 11 is 1.71. The molecule has 7 heteroatoms. The Labute approximate surface area is 194 Å². The molecule has 2 aliphatic rings. The van der Waals surface area contributed by atoms with Crippen molar-refractivity contribution >= 4 is 28.3 Å². The van der Waals surface area contributed by atoms with Crippen LogP contribution in [-0.2, 0) is 6.54 Å². The first-order chi connectivity index (χ1) is 15.6. The first-order valence-corrected chi connectivity index (χ1v) is 12.8. The maximum atomic E-state index is 13.6. The largest absolute Gasteiger partial charge is 0.338 e.